The van der Waals surface area contributed by atoms with Gasteiger partial charge in [-0.05, 0) is 25.1 Å². The molecule has 1 aromatic heterocycles. The summed E-state index contributed by atoms with van der Waals surface area (Å²) < 4.78 is 6.63. The number of aryl methyl sites for hydroxylation is 1. The third-order valence-corrected chi connectivity index (χ3v) is 2.97. The number of aromatic nitrogens is 1. The van der Waals surface area contributed by atoms with Crippen molar-refractivity contribution < 1.29 is 9.84 Å². The number of aliphatic hydroxyl groups excluding tert-OH is 1. The Morgan fingerprint density at radius 2 is 2.33 bits per heavy atom. The van der Waals surface area contributed by atoms with Gasteiger partial charge in [0.15, 0.2) is 0 Å². The maximum atomic E-state index is 8.63. The van der Waals surface area contributed by atoms with E-state index in [1.807, 2.05) is 25.1 Å². The van der Waals surface area contributed by atoms with Crippen LogP contribution in [0.15, 0.2) is 18.2 Å². The minimum absolute atomic E-state index is 0.169. The molecule has 15 heavy (non-hydrogen) atoms. The average Bonchev–Trinajstić information content (AvgIpc) is 2.57. The van der Waals surface area contributed by atoms with E-state index in [4.69, 9.17) is 9.84 Å². The number of benzene rings is 1. The van der Waals surface area contributed by atoms with Crippen molar-refractivity contribution in [2.24, 2.45) is 0 Å². The zero-order chi connectivity index (χ0) is 10.7. The molecular formula is C11H13NO2S. The lowest BCUT2D eigenvalue weighted by atomic mass is 10.3. The van der Waals surface area contributed by atoms with Crippen LogP contribution in [0.1, 0.15) is 11.4 Å². The van der Waals surface area contributed by atoms with Crippen LogP contribution in [0.2, 0.25) is 0 Å². The van der Waals surface area contributed by atoms with Crippen LogP contribution in [0, 0.1) is 6.92 Å². The van der Waals surface area contributed by atoms with Crippen molar-refractivity contribution in [3.63, 3.8) is 0 Å². The number of rotatable bonds is 4. The highest BCUT2D eigenvalue weighted by molar-refractivity contribution is 7.18. The summed E-state index contributed by atoms with van der Waals surface area (Å²) in [4.78, 5) is 4.37. The van der Waals surface area contributed by atoms with Gasteiger partial charge in [0.25, 0.3) is 0 Å². The van der Waals surface area contributed by atoms with Gasteiger partial charge < -0.3 is 9.84 Å². The van der Waals surface area contributed by atoms with E-state index in [0.717, 1.165) is 21.0 Å². The molecule has 3 nitrogen and oxygen atoms in total. The summed E-state index contributed by atoms with van der Waals surface area (Å²) in [5.74, 6) is 0.847. The second-order valence-electron chi connectivity index (χ2n) is 3.29. The van der Waals surface area contributed by atoms with Crippen molar-refractivity contribution in [2.45, 2.75) is 13.3 Å². The average molecular weight is 223 g/mol. The molecule has 1 N–H and O–H groups in total. The Balaban J connectivity index is 2.15. The van der Waals surface area contributed by atoms with E-state index >= 15 is 0 Å². The van der Waals surface area contributed by atoms with E-state index in [1.165, 1.54) is 0 Å². The number of aliphatic hydroxyl groups is 1. The molecule has 0 saturated heterocycles. The van der Waals surface area contributed by atoms with Crippen LogP contribution >= 0.6 is 11.3 Å². The molecule has 0 saturated carbocycles. The van der Waals surface area contributed by atoms with E-state index < -0.39 is 0 Å². The van der Waals surface area contributed by atoms with E-state index in [-0.39, 0.29) is 6.61 Å². The van der Waals surface area contributed by atoms with Crippen molar-refractivity contribution >= 4 is 21.6 Å². The van der Waals surface area contributed by atoms with Gasteiger partial charge in [-0.3, -0.25) is 0 Å². The van der Waals surface area contributed by atoms with Gasteiger partial charge in [0, 0.05) is 13.0 Å². The van der Waals surface area contributed by atoms with Gasteiger partial charge in [-0.25, -0.2) is 4.98 Å². The predicted octanol–water partition coefficient (Wildman–Crippen LogP) is 2.37. The van der Waals surface area contributed by atoms with Crippen LogP contribution in [-0.4, -0.2) is 23.3 Å². The first-order chi connectivity index (χ1) is 7.29. The number of nitrogens with zero attached hydrogens (tertiary/aromatic N) is 1. The maximum Gasteiger partial charge on any atom is 0.120 e. The van der Waals surface area contributed by atoms with Crippen LogP contribution in [0.5, 0.6) is 5.75 Å². The van der Waals surface area contributed by atoms with Gasteiger partial charge in [-0.2, -0.15) is 0 Å². The topological polar surface area (TPSA) is 42.4 Å². The minimum atomic E-state index is 0.169. The summed E-state index contributed by atoms with van der Waals surface area (Å²) in [7, 11) is 0. The summed E-state index contributed by atoms with van der Waals surface area (Å²) in [6.45, 7) is 2.72. The summed E-state index contributed by atoms with van der Waals surface area (Å²) in [5.41, 5.74) is 1.02. The zero-order valence-electron chi connectivity index (χ0n) is 8.56. The Kier molecular flexibility index (Phi) is 3.18. The normalized spacial score (nSPS) is 10.8. The monoisotopic (exact) mass is 223 g/mol. The number of hydrogen-bond donors (Lipinski definition) is 1. The molecular weight excluding hydrogens is 210 g/mol. The van der Waals surface area contributed by atoms with Gasteiger partial charge >= 0.3 is 0 Å². The van der Waals surface area contributed by atoms with Gasteiger partial charge in [0.1, 0.15) is 5.75 Å². The fourth-order valence-electron chi connectivity index (χ4n) is 1.36. The third kappa shape index (κ3) is 2.46. The molecule has 80 valence electrons. The molecule has 4 heteroatoms. The van der Waals surface area contributed by atoms with Crippen LogP contribution in [0.25, 0.3) is 10.2 Å². The van der Waals surface area contributed by atoms with Gasteiger partial charge in [-0.1, -0.05) is 0 Å². The van der Waals surface area contributed by atoms with E-state index in [1.54, 1.807) is 11.3 Å². The fourth-order valence-corrected chi connectivity index (χ4v) is 2.22. The first kappa shape index (κ1) is 10.4. The zero-order valence-corrected chi connectivity index (χ0v) is 9.38. The molecule has 1 aromatic carbocycles. The van der Waals surface area contributed by atoms with Crippen molar-refractivity contribution in [1.82, 2.24) is 4.98 Å². The lowest BCUT2D eigenvalue weighted by Gasteiger charge is -2.03. The molecule has 0 unspecified atom stereocenters. The molecule has 0 aliphatic rings. The molecule has 0 radical (unpaired) electrons. The number of hydrogen-bond acceptors (Lipinski definition) is 4. The Morgan fingerprint density at radius 1 is 1.47 bits per heavy atom. The molecule has 1 heterocycles. The fraction of sp³-hybridized carbons (Fsp3) is 0.364. The predicted molar refractivity (Wildman–Crippen MR) is 61.6 cm³/mol. The lowest BCUT2D eigenvalue weighted by Crippen LogP contribution is -1.99. The Hall–Kier alpha value is -1.13. The molecule has 0 aliphatic heterocycles. The first-order valence-electron chi connectivity index (χ1n) is 4.90. The number of ether oxygens (including phenoxy) is 1. The molecule has 0 aliphatic carbocycles. The lowest BCUT2D eigenvalue weighted by molar-refractivity contribution is 0.234. The van der Waals surface area contributed by atoms with Crippen molar-refractivity contribution in [2.75, 3.05) is 13.2 Å². The third-order valence-electron chi connectivity index (χ3n) is 2.04. The molecule has 0 bridgehead atoms. The summed E-state index contributed by atoms with van der Waals surface area (Å²) in [6, 6.07) is 5.88. The maximum absolute atomic E-state index is 8.63. The highest BCUT2D eigenvalue weighted by Gasteiger charge is 2.01. The van der Waals surface area contributed by atoms with Crippen LogP contribution < -0.4 is 4.74 Å². The molecule has 0 amide bonds. The largest absolute Gasteiger partial charge is 0.493 e. The Morgan fingerprint density at radius 3 is 3.13 bits per heavy atom. The number of fused-ring (bicyclic) bond motifs is 1. The van der Waals surface area contributed by atoms with E-state index in [2.05, 4.69) is 4.98 Å². The highest BCUT2D eigenvalue weighted by Crippen LogP contribution is 2.25. The molecule has 2 rings (SSSR count). The molecule has 2 aromatic rings. The van der Waals surface area contributed by atoms with E-state index in [0.29, 0.717) is 13.0 Å². The standard InChI is InChI=1S/C11H13NO2S/c1-8-12-10-4-3-9(7-11(10)15-8)14-6-2-5-13/h3-4,7,13H,2,5-6H2,1H3. The second kappa shape index (κ2) is 4.59. The van der Waals surface area contributed by atoms with Gasteiger partial charge in [-0.15, -0.1) is 11.3 Å². The Bertz CT molecular complexity index is 453. The van der Waals surface area contributed by atoms with Crippen molar-refractivity contribution in [3.05, 3.63) is 23.2 Å². The molecule has 0 spiro atoms. The smallest absolute Gasteiger partial charge is 0.120 e. The minimum Gasteiger partial charge on any atom is -0.493 e. The van der Waals surface area contributed by atoms with Gasteiger partial charge in [0.05, 0.1) is 21.8 Å². The Labute approximate surface area is 92.3 Å². The highest BCUT2D eigenvalue weighted by atomic mass is 32.1. The van der Waals surface area contributed by atoms with Crippen LogP contribution in [-0.2, 0) is 0 Å². The summed E-state index contributed by atoms with van der Waals surface area (Å²) in [5, 5.41) is 9.70. The number of thiazole rings is 1. The second-order valence-corrected chi connectivity index (χ2v) is 4.52. The van der Waals surface area contributed by atoms with Crippen LogP contribution in [0.3, 0.4) is 0 Å². The van der Waals surface area contributed by atoms with E-state index in [9.17, 15) is 0 Å². The van der Waals surface area contributed by atoms with Crippen molar-refractivity contribution in [3.8, 4) is 5.75 Å². The SMILES string of the molecule is Cc1nc2ccc(OCCCO)cc2s1. The van der Waals surface area contributed by atoms with Crippen LogP contribution in [0.4, 0.5) is 0 Å². The first-order valence-corrected chi connectivity index (χ1v) is 5.72. The summed E-state index contributed by atoms with van der Waals surface area (Å²) in [6.07, 6.45) is 0.666. The molecule has 0 fully saturated rings. The van der Waals surface area contributed by atoms with Gasteiger partial charge in [0.2, 0.25) is 0 Å². The quantitative estimate of drug-likeness (QED) is 0.809. The van der Waals surface area contributed by atoms with Crippen molar-refractivity contribution in [1.29, 1.82) is 0 Å². The summed E-state index contributed by atoms with van der Waals surface area (Å²) >= 11 is 1.67. The molecule has 0 atom stereocenters.